The highest BCUT2D eigenvalue weighted by Gasteiger charge is 2.32. The molecule has 0 aliphatic carbocycles. The van der Waals surface area contributed by atoms with Gasteiger partial charge in [-0.15, -0.1) is 0 Å². The molecule has 0 heterocycles. The van der Waals surface area contributed by atoms with Gasteiger partial charge < -0.3 is 15.0 Å². The van der Waals surface area contributed by atoms with Crippen molar-refractivity contribution in [3.63, 3.8) is 0 Å². The Kier molecular flexibility index (Phi) is 8.69. The molecule has 1 atom stereocenters. The predicted molar refractivity (Wildman–Crippen MR) is 140 cm³/mol. The van der Waals surface area contributed by atoms with Crippen molar-refractivity contribution in [3.05, 3.63) is 101 Å². The first-order valence-corrected chi connectivity index (χ1v) is 12.0. The van der Waals surface area contributed by atoms with E-state index in [9.17, 15) is 9.59 Å². The number of methoxy groups -OCH3 is 1. The molecule has 0 spiro atoms. The lowest BCUT2D eigenvalue weighted by Crippen LogP contribution is -2.54. The topological polar surface area (TPSA) is 58.6 Å². The molecule has 3 aromatic rings. The normalized spacial score (nSPS) is 12.0. The maximum atomic E-state index is 13.8. The van der Waals surface area contributed by atoms with Crippen molar-refractivity contribution < 1.29 is 14.3 Å². The molecule has 0 saturated heterocycles. The molecular formula is C30H36N2O3. The van der Waals surface area contributed by atoms with Crippen molar-refractivity contribution in [3.8, 4) is 5.75 Å². The van der Waals surface area contributed by atoms with Gasteiger partial charge in [-0.1, -0.05) is 66.7 Å². The second kappa shape index (κ2) is 11.7. The van der Waals surface area contributed by atoms with Crippen LogP contribution in [0, 0.1) is 6.92 Å². The summed E-state index contributed by atoms with van der Waals surface area (Å²) in [6.07, 6.45) is 0.632. The summed E-state index contributed by atoms with van der Waals surface area (Å²) in [5.74, 6) is 0.492. The van der Waals surface area contributed by atoms with E-state index in [1.54, 1.807) is 12.0 Å². The van der Waals surface area contributed by atoms with E-state index in [-0.39, 0.29) is 18.2 Å². The van der Waals surface area contributed by atoms with Gasteiger partial charge in [0.2, 0.25) is 11.8 Å². The van der Waals surface area contributed by atoms with Crippen LogP contribution < -0.4 is 10.1 Å². The molecule has 0 aromatic heterocycles. The molecule has 0 saturated carbocycles. The molecule has 0 bridgehead atoms. The summed E-state index contributed by atoms with van der Waals surface area (Å²) in [6, 6.07) is 24.7. The number of benzene rings is 3. The molecule has 1 N–H and O–H groups in total. The Morgan fingerprint density at radius 2 is 1.51 bits per heavy atom. The van der Waals surface area contributed by atoms with Crippen LogP contribution in [0.4, 0.5) is 0 Å². The van der Waals surface area contributed by atoms with Crippen molar-refractivity contribution in [2.24, 2.45) is 0 Å². The summed E-state index contributed by atoms with van der Waals surface area (Å²) < 4.78 is 5.25. The quantitative estimate of drug-likeness (QED) is 0.471. The van der Waals surface area contributed by atoms with Gasteiger partial charge in [0.15, 0.2) is 0 Å². The molecular weight excluding hydrogens is 436 g/mol. The van der Waals surface area contributed by atoms with E-state index in [2.05, 4.69) is 5.32 Å². The highest BCUT2D eigenvalue weighted by atomic mass is 16.5. The summed E-state index contributed by atoms with van der Waals surface area (Å²) in [7, 11) is 1.62. The second-order valence-electron chi connectivity index (χ2n) is 9.92. The summed E-state index contributed by atoms with van der Waals surface area (Å²) in [4.78, 5) is 29.1. The van der Waals surface area contributed by atoms with Crippen molar-refractivity contribution in [1.29, 1.82) is 0 Å². The smallest absolute Gasteiger partial charge is 0.243 e. The molecule has 3 aromatic carbocycles. The first kappa shape index (κ1) is 26.0. The van der Waals surface area contributed by atoms with E-state index < -0.39 is 11.6 Å². The van der Waals surface area contributed by atoms with E-state index in [0.29, 0.717) is 13.0 Å². The van der Waals surface area contributed by atoms with Crippen LogP contribution >= 0.6 is 0 Å². The van der Waals surface area contributed by atoms with Crippen LogP contribution in [-0.4, -0.2) is 35.4 Å². The predicted octanol–water partition coefficient (Wildman–Crippen LogP) is 5.10. The number of carbonyl (C=O) groups is 2. The van der Waals surface area contributed by atoms with Gasteiger partial charge in [-0.25, -0.2) is 0 Å². The van der Waals surface area contributed by atoms with Crippen LogP contribution in [0.5, 0.6) is 5.75 Å². The first-order valence-electron chi connectivity index (χ1n) is 12.0. The van der Waals surface area contributed by atoms with Crippen LogP contribution in [0.25, 0.3) is 0 Å². The van der Waals surface area contributed by atoms with Crippen molar-refractivity contribution in [2.45, 2.75) is 58.7 Å². The Bertz CT molecular complexity index is 1120. The minimum Gasteiger partial charge on any atom is -0.497 e. The molecule has 3 rings (SSSR count). The van der Waals surface area contributed by atoms with Gasteiger partial charge >= 0.3 is 0 Å². The van der Waals surface area contributed by atoms with Gasteiger partial charge in [0.05, 0.1) is 13.5 Å². The number of ether oxygens (including phenoxy) is 1. The van der Waals surface area contributed by atoms with Gasteiger partial charge in [-0.3, -0.25) is 9.59 Å². The fourth-order valence-electron chi connectivity index (χ4n) is 4.00. The number of hydrogen-bond donors (Lipinski definition) is 1. The molecule has 5 nitrogen and oxygen atoms in total. The third-order valence-electron chi connectivity index (χ3n) is 5.89. The zero-order valence-corrected chi connectivity index (χ0v) is 21.4. The van der Waals surface area contributed by atoms with Crippen LogP contribution in [-0.2, 0) is 29.0 Å². The molecule has 0 radical (unpaired) electrons. The average Bonchev–Trinajstić information content (AvgIpc) is 2.82. The number of aryl methyl sites for hydroxylation is 1. The summed E-state index contributed by atoms with van der Waals surface area (Å²) in [6.45, 7) is 8.25. The molecule has 2 amide bonds. The lowest BCUT2D eigenvalue weighted by molar-refractivity contribution is -0.141. The molecule has 184 valence electrons. The minimum atomic E-state index is -0.651. The van der Waals surface area contributed by atoms with Crippen LogP contribution in [0.15, 0.2) is 78.9 Å². The Labute approximate surface area is 209 Å². The van der Waals surface area contributed by atoms with Gasteiger partial charge in [0.1, 0.15) is 11.8 Å². The standard InChI is InChI=1S/C30H36N2O3/c1-22-11-9-10-14-25(22)21-32(28(33)20-24-15-17-26(35-5)18-16-24)27(29(34)31-30(2,3)4)19-23-12-7-6-8-13-23/h6-18,27H,19-21H2,1-5H3,(H,31,34)/t27-/m1/s1. The van der Waals surface area contributed by atoms with Gasteiger partial charge in [0.25, 0.3) is 0 Å². The number of nitrogens with zero attached hydrogens (tertiary/aromatic N) is 1. The fraction of sp³-hybridized carbons (Fsp3) is 0.333. The Balaban J connectivity index is 1.98. The van der Waals surface area contributed by atoms with E-state index in [1.165, 1.54) is 0 Å². The SMILES string of the molecule is COc1ccc(CC(=O)N(Cc2ccccc2C)[C@H](Cc2ccccc2)C(=O)NC(C)(C)C)cc1. The number of carbonyl (C=O) groups excluding carboxylic acids is 2. The monoisotopic (exact) mass is 472 g/mol. The van der Waals surface area contributed by atoms with Crippen molar-refractivity contribution in [2.75, 3.05) is 7.11 Å². The van der Waals surface area contributed by atoms with E-state index >= 15 is 0 Å². The van der Waals surface area contributed by atoms with E-state index in [1.807, 2.05) is 107 Å². The number of rotatable bonds is 9. The highest BCUT2D eigenvalue weighted by Crippen LogP contribution is 2.20. The third-order valence-corrected chi connectivity index (χ3v) is 5.89. The van der Waals surface area contributed by atoms with E-state index in [0.717, 1.165) is 28.0 Å². The summed E-state index contributed by atoms with van der Waals surface area (Å²) >= 11 is 0. The number of nitrogens with one attached hydrogen (secondary N) is 1. The maximum absolute atomic E-state index is 13.8. The van der Waals surface area contributed by atoms with Gasteiger partial charge in [-0.2, -0.15) is 0 Å². The molecule has 0 fully saturated rings. The summed E-state index contributed by atoms with van der Waals surface area (Å²) in [5.41, 5.74) is 3.58. The molecule has 5 heteroatoms. The zero-order chi connectivity index (χ0) is 25.4. The van der Waals surface area contributed by atoms with Gasteiger partial charge in [0, 0.05) is 18.5 Å². The van der Waals surface area contributed by atoms with Gasteiger partial charge in [-0.05, 0) is 62.1 Å². The molecule has 0 aliphatic heterocycles. The Morgan fingerprint density at radius 1 is 0.886 bits per heavy atom. The Hall–Kier alpha value is -3.60. The fourth-order valence-corrected chi connectivity index (χ4v) is 4.00. The first-order chi connectivity index (χ1) is 16.7. The zero-order valence-electron chi connectivity index (χ0n) is 21.4. The number of hydrogen-bond acceptors (Lipinski definition) is 3. The van der Waals surface area contributed by atoms with Crippen LogP contribution in [0.1, 0.15) is 43.0 Å². The van der Waals surface area contributed by atoms with Crippen molar-refractivity contribution >= 4 is 11.8 Å². The summed E-state index contributed by atoms with van der Waals surface area (Å²) in [5, 5.41) is 3.10. The number of amides is 2. The lowest BCUT2D eigenvalue weighted by atomic mass is 9.99. The highest BCUT2D eigenvalue weighted by molar-refractivity contribution is 5.89. The second-order valence-corrected chi connectivity index (χ2v) is 9.92. The minimum absolute atomic E-state index is 0.0941. The molecule has 0 aliphatic rings. The maximum Gasteiger partial charge on any atom is 0.243 e. The Morgan fingerprint density at radius 3 is 2.11 bits per heavy atom. The van der Waals surface area contributed by atoms with Crippen molar-refractivity contribution in [1.82, 2.24) is 10.2 Å². The average molecular weight is 473 g/mol. The lowest BCUT2D eigenvalue weighted by Gasteiger charge is -2.34. The largest absolute Gasteiger partial charge is 0.497 e. The molecule has 35 heavy (non-hydrogen) atoms. The van der Waals surface area contributed by atoms with E-state index in [4.69, 9.17) is 4.74 Å². The molecule has 0 unspecified atom stereocenters. The van der Waals surface area contributed by atoms with Crippen LogP contribution in [0.2, 0.25) is 0 Å². The third kappa shape index (κ3) is 7.71. The van der Waals surface area contributed by atoms with Crippen LogP contribution in [0.3, 0.4) is 0 Å².